The SMILES string of the molecule is O=C(Nc1ccccc1C(=O)[O-])c1cc(S(=O)(=O)N2CCCCCC2)ccc1Cl. The largest absolute Gasteiger partial charge is 0.545 e. The van der Waals surface area contributed by atoms with E-state index in [1.54, 1.807) is 6.07 Å². The Hall–Kier alpha value is -2.42. The molecule has 0 saturated carbocycles. The number of sulfonamides is 1. The summed E-state index contributed by atoms with van der Waals surface area (Å²) >= 11 is 6.12. The Kier molecular flexibility index (Phi) is 6.56. The average Bonchev–Trinajstić information content (AvgIpc) is 2.98. The van der Waals surface area contributed by atoms with Crippen LogP contribution in [0.15, 0.2) is 47.4 Å². The lowest BCUT2D eigenvalue weighted by Crippen LogP contribution is -2.32. The fourth-order valence-corrected chi connectivity index (χ4v) is 4.98. The maximum atomic E-state index is 13.0. The second kappa shape index (κ2) is 8.94. The lowest BCUT2D eigenvalue weighted by Gasteiger charge is -2.20. The standard InChI is InChI=1S/C20H21ClN2O5S/c21-17-10-9-14(29(27,28)23-11-5-1-2-6-12-23)13-16(17)19(24)22-18-8-4-3-7-15(18)20(25)26/h3-4,7-10,13H,1-2,5-6,11-12H2,(H,22,24)(H,25,26)/p-1. The van der Waals surface area contributed by atoms with Crippen LogP contribution in [0.1, 0.15) is 46.4 Å². The maximum Gasteiger partial charge on any atom is 0.257 e. The molecule has 1 heterocycles. The first-order chi connectivity index (χ1) is 13.8. The molecule has 0 spiro atoms. The second-order valence-electron chi connectivity index (χ2n) is 6.75. The lowest BCUT2D eigenvalue weighted by atomic mass is 10.1. The summed E-state index contributed by atoms with van der Waals surface area (Å²) in [5.74, 6) is -2.15. The molecule has 7 nitrogen and oxygen atoms in total. The van der Waals surface area contributed by atoms with Gasteiger partial charge >= 0.3 is 0 Å². The third kappa shape index (κ3) is 4.77. The van der Waals surface area contributed by atoms with Crippen LogP contribution in [0.3, 0.4) is 0 Å². The molecular weight excluding hydrogens is 416 g/mol. The summed E-state index contributed by atoms with van der Waals surface area (Å²) in [6.45, 7) is 0.872. The smallest absolute Gasteiger partial charge is 0.257 e. The zero-order valence-electron chi connectivity index (χ0n) is 15.6. The second-order valence-corrected chi connectivity index (χ2v) is 9.09. The van der Waals surface area contributed by atoms with Gasteiger partial charge in [-0.05, 0) is 37.1 Å². The molecule has 0 radical (unpaired) electrons. The van der Waals surface area contributed by atoms with Crippen LogP contribution < -0.4 is 10.4 Å². The highest BCUT2D eigenvalue weighted by molar-refractivity contribution is 7.89. The predicted octanol–water partition coefficient (Wildman–Crippen LogP) is 2.52. The number of carbonyl (C=O) groups excluding carboxylic acids is 2. The van der Waals surface area contributed by atoms with Gasteiger partial charge in [-0.25, -0.2) is 8.42 Å². The summed E-state index contributed by atoms with van der Waals surface area (Å²) in [5, 5.41) is 13.7. The van der Waals surface area contributed by atoms with E-state index in [2.05, 4.69) is 5.32 Å². The Morgan fingerprint density at radius 2 is 1.62 bits per heavy atom. The number of nitrogens with one attached hydrogen (secondary N) is 1. The first-order valence-electron chi connectivity index (χ1n) is 9.22. The molecule has 0 unspecified atom stereocenters. The van der Waals surface area contributed by atoms with Crippen molar-refractivity contribution in [1.29, 1.82) is 0 Å². The zero-order valence-corrected chi connectivity index (χ0v) is 17.1. The van der Waals surface area contributed by atoms with Crippen molar-refractivity contribution in [2.24, 2.45) is 0 Å². The van der Waals surface area contributed by atoms with Gasteiger partial charge in [-0.2, -0.15) is 4.31 Å². The molecule has 154 valence electrons. The van der Waals surface area contributed by atoms with Gasteiger partial charge in [0.15, 0.2) is 0 Å². The number of para-hydroxylation sites is 1. The molecular formula is C20H20ClN2O5S-. The molecule has 0 bridgehead atoms. The molecule has 0 aromatic heterocycles. The van der Waals surface area contributed by atoms with Crippen LogP contribution in [0.5, 0.6) is 0 Å². The number of anilines is 1. The minimum absolute atomic E-state index is 0.0258. The molecule has 0 aliphatic carbocycles. The molecule has 1 saturated heterocycles. The van der Waals surface area contributed by atoms with Gasteiger partial charge < -0.3 is 15.2 Å². The summed E-state index contributed by atoms with van der Waals surface area (Å²) < 4.78 is 27.4. The first-order valence-corrected chi connectivity index (χ1v) is 11.0. The van der Waals surface area contributed by atoms with Crippen LogP contribution >= 0.6 is 11.6 Å². The van der Waals surface area contributed by atoms with Crippen molar-refractivity contribution in [1.82, 2.24) is 4.31 Å². The average molecular weight is 436 g/mol. The van der Waals surface area contributed by atoms with E-state index in [0.29, 0.717) is 13.1 Å². The van der Waals surface area contributed by atoms with E-state index in [9.17, 15) is 23.1 Å². The number of amides is 1. The minimum Gasteiger partial charge on any atom is -0.545 e. The van der Waals surface area contributed by atoms with Crippen molar-refractivity contribution in [3.63, 3.8) is 0 Å². The van der Waals surface area contributed by atoms with Gasteiger partial charge in [-0.15, -0.1) is 0 Å². The Morgan fingerprint density at radius 3 is 2.28 bits per heavy atom. The van der Waals surface area contributed by atoms with Gasteiger partial charge in [0, 0.05) is 18.7 Å². The Balaban J connectivity index is 1.91. The number of carboxylic acids is 1. The normalized spacial score (nSPS) is 15.5. The highest BCUT2D eigenvalue weighted by Gasteiger charge is 2.26. The van der Waals surface area contributed by atoms with E-state index in [4.69, 9.17) is 11.6 Å². The van der Waals surface area contributed by atoms with Crippen LogP contribution in [-0.2, 0) is 10.0 Å². The minimum atomic E-state index is -3.76. The van der Waals surface area contributed by atoms with E-state index in [1.165, 1.54) is 40.7 Å². The van der Waals surface area contributed by atoms with Gasteiger partial charge in [0.25, 0.3) is 5.91 Å². The predicted molar refractivity (Wildman–Crippen MR) is 107 cm³/mol. The summed E-state index contributed by atoms with van der Waals surface area (Å²) in [7, 11) is -3.76. The summed E-state index contributed by atoms with van der Waals surface area (Å²) in [4.78, 5) is 23.9. The molecule has 9 heteroatoms. The topological polar surface area (TPSA) is 107 Å². The number of benzene rings is 2. The molecule has 2 aromatic carbocycles. The van der Waals surface area contributed by atoms with Crippen LogP contribution in [0.25, 0.3) is 0 Å². The van der Waals surface area contributed by atoms with Crippen molar-refractivity contribution < 1.29 is 23.1 Å². The van der Waals surface area contributed by atoms with Gasteiger partial charge in [-0.3, -0.25) is 4.79 Å². The highest BCUT2D eigenvalue weighted by Crippen LogP contribution is 2.26. The molecule has 29 heavy (non-hydrogen) atoms. The number of rotatable bonds is 5. The molecule has 1 fully saturated rings. The Bertz CT molecular complexity index is 1030. The van der Waals surface area contributed by atoms with E-state index in [0.717, 1.165) is 25.7 Å². The van der Waals surface area contributed by atoms with Crippen molar-refractivity contribution >= 4 is 39.2 Å². The molecule has 2 aromatic rings. The number of hydrogen-bond donors (Lipinski definition) is 1. The van der Waals surface area contributed by atoms with Crippen LogP contribution in [0.2, 0.25) is 5.02 Å². The number of halogens is 1. The van der Waals surface area contributed by atoms with E-state index < -0.39 is 21.9 Å². The first kappa shape index (κ1) is 21.3. The third-order valence-electron chi connectivity index (χ3n) is 4.78. The number of nitrogens with zero attached hydrogens (tertiary/aromatic N) is 1. The van der Waals surface area contributed by atoms with Crippen molar-refractivity contribution in [3.8, 4) is 0 Å². The zero-order chi connectivity index (χ0) is 21.0. The maximum absolute atomic E-state index is 13.0. The van der Waals surface area contributed by atoms with E-state index in [1.807, 2.05) is 0 Å². The highest BCUT2D eigenvalue weighted by atomic mass is 35.5. The third-order valence-corrected chi connectivity index (χ3v) is 7.00. The number of carbonyl (C=O) groups is 2. The van der Waals surface area contributed by atoms with Crippen LogP contribution in [-0.4, -0.2) is 37.7 Å². The number of carboxylic acid groups (broad SMARTS) is 1. The Morgan fingerprint density at radius 1 is 0.966 bits per heavy atom. The quantitative estimate of drug-likeness (QED) is 0.776. The molecule has 1 aliphatic heterocycles. The van der Waals surface area contributed by atoms with Gasteiger partial charge in [-0.1, -0.05) is 42.6 Å². The molecule has 1 amide bonds. The molecule has 1 N–H and O–H groups in total. The van der Waals surface area contributed by atoms with Crippen molar-refractivity contribution in [2.45, 2.75) is 30.6 Å². The molecule has 3 rings (SSSR count). The fourth-order valence-electron chi connectivity index (χ4n) is 3.23. The molecule has 0 atom stereocenters. The van der Waals surface area contributed by atoms with Crippen molar-refractivity contribution in [3.05, 3.63) is 58.6 Å². The summed E-state index contributed by atoms with van der Waals surface area (Å²) in [5.41, 5.74) is -0.213. The fraction of sp³-hybridized carbons (Fsp3) is 0.300. The summed E-state index contributed by atoms with van der Waals surface area (Å²) in [6.07, 6.45) is 3.55. The monoisotopic (exact) mass is 435 g/mol. The molecule has 1 aliphatic rings. The van der Waals surface area contributed by atoms with E-state index >= 15 is 0 Å². The van der Waals surface area contributed by atoms with Gasteiger partial charge in [0.05, 0.1) is 27.1 Å². The van der Waals surface area contributed by atoms with Crippen LogP contribution in [0.4, 0.5) is 5.69 Å². The number of aromatic carboxylic acids is 1. The lowest BCUT2D eigenvalue weighted by molar-refractivity contribution is -0.254. The van der Waals surface area contributed by atoms with Gasteiger partial charge in [0.1, 0.15) is 0 Å². The summed E-state index contributed by atoms with van der Waals surface area (Å²) in [6, 6.07) is 9.72. The van der Waals surface area contributed by atoms with Crippen molar-refractivity contribution in [2.75, 3.05) is 18.4 Å². The van der Waals surface area contributed by atoms with Gasteiger partial charge in [0.2, 0.25) is 10.0 Å². The van der Waals surface area contributed by atoms with Crippen LogP contribution in [0, 0.1) is 0 Å². The van der Waals surface area contributed by atoms with E-state index in [-0.39, 0.29) is 26.7 Å². The number of hydrogen-bond acceptors (Lipinski definition) is 5. The Labute approximate surface area is 174 Å².